The van der Waals surface area contributed by atoms with Crippen LogP contribution in [-0.2, 0) is 20.9 Å². The van der Waals surface area contributed by atoms with Crippen LogP contribution in [0.3, 0.4) is 0 Å². The molecule has 0 heterocycles. The molecule has 11 heteroatoms. The van der Waals surface area contributed by atoms with Crippen LogP contribution in [0.25, 0.3) is 0 Å². The zero-order valence-electron chi connectivity index (χ0n) is 23.2. The van der Waals surface area contributed by atoms with Crippen LogP contribution >= 0.6 is 22.6 Å². The van der Waals surface area contributed by atoms with Crippen molar-refractivity contribution in [3.8, 4) is 11.5 Å². The van der Waals surface area contributed by atoms with E-state index in [2.05, 4.69) is 27.9 Å². The van der Waals surface area contributed by atoms with Gasteiger partial charge in [-0.1, -0.05) is 6.42 Å². The molecule has 3 aliphatic rings. The molecule has 6 atom stereocenters. The normalized spacial score (nSPS) is 27.3. The van der Waals surface area contributed by atoms with E-state index in [0.717, 1.165) is 6.42 Å². The first-order chi connectivity index (χ1) is 19.3. The molecule has 4 rings (SSSR count). The lowest BCUT2D eigenvalue weighted by Gasteiger charge is -2.41. The number of nitrogens with one attached hydrogen (secondary N) is 1. The lowest BCUT2D eigenvalue weighted by molar-refractivity contribution is -0.141. The van der Waals surface area contributed by atoms with Gasteiger partial charge >= 0.3 is 0 Å². The van der Waals surface area contributed by atoms with Crippen LogP contribution in [0, 0.1) is 21.3 Å². The van der Waals surface area contributed by atoms with Crippen molar-refractivity contribution in [3.05, 3.63) is 32.9 Å². The lowest BCUT2D eigenvalue weighted by atomic mass is 9.84. The van der Waals surface area contributed by atoms with Crippen molar-refractivity contribution in [2.24, 2.45) is 17.8 Å². The van der Waals surface area contributed by atoms with Gasteiger partial charge in [0.25, 0.3) is 0 Å². The highest BCUT2D eigenvalue weighted by Crippen LogP contribution is 2.49. The summed E-state index contributed by atoms with van der Waals surface area (Å²) in [6.45, 7) is 0.276. The fourth-order valence-electron chi connectivity index (χ4n) is 6.53. The van der Waals surface area contributed by atoms with Gasteiger partial charge in [-0.05, 0) is 83.4 Å². The Bertz CT molecular complexity index is 1080. The van der Waals surface area contributed by atoms with Gasteiger partial charge in [-0.3, -0.25) is 9.59 Å². The number of benzene rings is 1. The van der Waals surface area contributed by atoms with Gasteiger partial charge < -0.3 is 39.7 Å². The van der Waals surface area contributed by atoms with E-state index in [1.165, 1.54) is 26.4 Å². The largest absolute Gasteiger partial charge is 0.493 e. The molecule has 0 aliphatic heterocycles. The van der Waals surface area contributed by atoms with E-state index < -0.39 is 18.2 Å². The minimum absolute atomic E-state index is 0.0473. The highest BCUT2D eigenvalue weighted by atomic mass is 127. The fourth-order valence-corrected chi connectivity index (χ4v) is 7.32. The Morgan fingerprint density at radius 1 is 1.18 bits per heavy atom. The molecule has 10 nitrogen and oxygen atoms in total. The topological polar surface area (TPSA) is 138 Å². The number of halogens is 1. The first-order valence-electron chi connectivity index (χ1n) is 14.0. The first kappa shape index (κ1) is 31.0. The van der Waals surface area contributed by atoms with Crippen LogP contribution in [-0.4, -0.2) is 90.8 Å². The molecular weight excluding hydrogens is 631 g/mol. The van der Waals surface area contributed by atoms with Crippen molar-refractivity contribution < 1.29 is 39.1 Å². The zero-order valence-corrected chi connectivity index (χ0v) is 25.3. The number of methoxy groups -OCH3 is 2. The van der Waals surface area contributed by atoms with Crippen LogP contribution in [0.1, 0.15) is 44.1 Å². The van der Waals surface area contributed by atoms with Gasteiger partial charge in [0, 0.05) is 38.6 Å². The number of carbonyl (C=O) groups excluding carboxylic acids is 2. The minimum Gasteiger partial charge on any atom is -0.493 e. The van der Waals surface area contributed by atoms with Gasteiger partial charge in [-0.15, -0.1) is 0 Å². The molecule has 2 fully saturated rings. The second kappa shape index (κ2) is 14.3. The number of aliphatic hydroxyl groups is 3. The smallest absolute Gasteiger partial charge is 0.247 e. The lowest BCUT2D eigenvalue weighted by Crippen LogP contribution is -2.56. The van der Waals surface area contributed by atoms with Gasteiger partial charge in [0.15, 0.2) is 11.5 Å². The maximum absolute atomic E-state index is 13.8. The third-order valence-corrected chi connectivity index (χ3v) is 9.32. The molecule has 1 aromatic carbocycles. The summed E-state index contributed by atoms with van der Waals surface area (Å²) >= 11 is 2.08. The summed E-state index contributed by atoms with van der Waals surface area (Å²) in [6, 6.07) is 2.70. The van der Waals surface area contributed by atoms with E-state index >= 15 is 0 Å². The molecule has 0 radical (unpaired) electrons. The molecule has 2 bridgehead atoms. The number of aliphatic hydroxyl groups excluding tert-OH is 3. The molecule has 2 saturated carbocycles. The number of carbonyl (C=O) groups is 2. The number of nitrogens with zero attached hydrogens (tertiary/aromatic N) is 1. The average Bonchev–Trinajstić information content (AvgIpc) is 3.57. The summed E-state index contributed by atoms with van der Waals surface area (Å²) in [5, 5.41) is 33.2. The summed E-state index contributed by atoms with van der Waals surface area (Å²) in [5.41, 5.74) is 1.01. The molecule has 40 heavy (non-hydrogen) atoms. The summed E-state index contributed by atoms with van der Waals surface area (Å²) in [7, 11) is 3.06. The molecule has 3 aliphatic carbocycles. The Hall–Kier alpha value is -1.93. The predicted molar refractivity (Wildman–Crippen MR) is 156 cm³/mol. The molecule has 2 amide bonds. The van der Waals surface area contributed by atoms with Gasteiger partial charge in [0.05, 0.1) is 36.5 Å². The number of fused-ring (bicyclic) bond motifs is 2. The van der Waals surface area contributed by atoms with E-state index in [9.17, 15) is 24.9 Å². The Morgan fingerprint density at radius 3 is 2.60 bits per heavy atom. The summed E-state index contributed by atoms with van der Waals surface area (Å²) in [4.78, 5) is 28.5. The molecule has 1 aromatic rings. The summed E-state index contributed by atoms with van der Waals surface area (Å²) in [5.74, 6) is 1.97. The summed E-state index contributed by atoms with van der Waals surface area (Å²) in [6.07, 6.45) is 4.75. The number of amides is 2. The maximum Gasteiger partial charge on any atom is 0.247 e. The van der Waals surface area contributed by atoms with Crippen molar-refractivity contribution in [1.29, 1.82) is 0 Å². The third kappa shape index (κ3) is 7.10. The molecule has 0 spiro atoms. The van der Waals surface area contributed by atoms with Gasteiger partial charge in [0.1, 0.15) is 12.2 Å². The predicted octanol–water partition coefficient (Wildman–Crippen LogP) is 2.01. The Kier molecular flexibility index (Phi) is 11.1. The van der Waals surface area contributed by atoms with Crippen molar-refractivity contribution in [1.82, 2.24) is 10.2 Å². The fraction of sp³-hybridized carbons (Fsp3) is 0.655. The molecule has 0 saturated heterocycles. The quantitative estimate of drug-likeness (QED) is 0.234. The first-order valence-corrected chi connectivity index (χ1v) is 15.1. The van der Waals surface area contributed by atoms with Crippen molar-refractivity contribution in [3.63, 3.8) is 0 Å². The standard InChI is InChI=1S/C29H41IN2O8/c1-38-8-6-32(26(35)15-20-10-17-3-4-19(20)9-17)23-13-21(29(37)31-5-7-33)14-24(27(23)36)40-28-22(30)11-18(16-34)12-25(28)39-2/h11-12,14,17,19-20,23-24,27,33-34,36H,3-10,13,15-16H2,1-2H3,(H,31,37)/t17?,19?,20?,23-,24+,27+/m1/s1. The van der Waals surface area contributed by atoms with Crippen molar-refractivity contribution in [2.45, 2.75) is 63.4 Å². The van der Waals surface area contributed by atoms with Crippen molar-refractivity contribution in [2.75, 3.05) is 40.5 Å². The zero-order chi connectivity index (χ0) is 28.8. The van der Waals surface area contributed by atoms with E-state index in [-0.39, 0.29) is 44.5 Å². The van der Waals surface area contributed by atoms with E-state index in [0.29, 0.717) is 57.0 Å². The van der Waals surface area contributed by atoms with Gasteiger partial charge in [0.2, 0.25) is 11.8 Å². The van der Waals surface area contributed by atoms with Crippen LogP contribution in [0.4, 0.5) is 0 Å². The van der Waals surface area contributed by atoms with Gasteiger partial charge in [-0.2, -0.15) is 0 Å². The minimum atomic E-state index is -1.13. The third-order valence-electron chi connectivity index (χ3n) is 8.52. The highest BCUT2D eigenvalue weighted by Gasteiger charge is 2.44. The number of rotatable bonds is 13. The Morgan fingerprint density at radius 2 is 1.98 bits per heavy atom. The van der Waals surface area contributed by atoms with Crippen LogP contribution in [0.2, 0.25) is 0 Å². The Labute approximate surface area is 249 Å². The molecular formula is C29H41IN2O8. The van der Waals surface area contributed by atoms with E-state index in [4.69, 9.17) is 14.2 Å². The molecule has 4 N–H and O–H groups in total. The average molecular weight is 673 g/mol. The van der Waals surface area contributed by atoms with Crippen molar-refractivity contribution >= 4 is 34.4 Å². The van der Waals surface area contributed by atoms with E-state index in [1.54, 1.807) is 30.2 Å². The van der Waals surface area contributed by atoms with Crippen LogP contribution < -0.4 is 14.8 Å². The van der Waals surface area contributed by atoms with Gasteiger partial charge in [-0.25, -0.2) is 0 Å². The highest BCUT2D eigenvalue weighted by molar-refractivity contribution is 14.1. The monoisotopic (exact) mass is 672 g/mol. The second-order valence-corrected chi connectivity index (χ2v) is 12.2. The second-order valence-electron chi connectivity index (χ2n) is 11.0. The molecule has 222 valence electrons. The Balaban J connectivity index is 1.63. The van der Waals surface area contributed by atoms with Crippen LogP contribution in [0.5, 0.6) is 11.5 Å². The number of hydrogen-bond acceptors (Lipinski definition) is 8. The van der Waals surface area contributed by atoms with Crippen LogP contribution in [0.15, 0.2) is 23.8 Å². The molecule has 3 unspecified atom stereocenters. The summed E-state index contributed by atoms with van der Waals surface area (Å²) < 4.78 is 17.8. The van der Waals surface area contributed by atoms with E-state index in [1.807, 2.05) is 0 Å². The number of ether oxygens (including phenoxy) is 3. The maximum atomic E-state index is 13.8. The number of hydrogen-bond donors (Lipinski definition) is 4. The molecule has 0 aromatic heterocycles. The SMILES string of the molecule is COCCN(C(=O)CC1CC2CCC1C2)[C@@H]1CC(C(=O)NCCO)=C[C@H](Oc2c(I)cc(CO)cc2OC)[C@H]1O.